The van der Waals surface area contributed by atoms with E-state index in [2.05, 4.69) is 9.97 Å². The molecule has 0 saturated heterocycles. The van der Waals surface area contributed by atoms with E-state index in [1.54, 1.807) is 12.5 Å². The Morgan fingerprint density at radius 1 is 1.43 bits per heavy atom. The van der Waals surface area contributed by atoms with Crippen LogP contribution in [0.2, 0.25) is 5.15 Å². The Hall–Kier alpha value is -1.35. The molecule has 0 fully saturated rings. The van der Waals surface area contributed by atoms with Crippen molar-refractivity contribution in [2.24, 2.45) is 0 Å². The largest absolute Gasteiger partial charge is 0.333 e. The van der Waals surface area contributed by atoms with Crippen LogP contribution in [0.25, 0.3) is 0 Å². The minimum Gasteiger partial charge on any atom is -0.333 e. The Balaban J connectivity index is 2.25. The minimum absolute atomic E-state index is 0.542. The van der Waals surface area contributed by atoms with Gasteiger partial charge in [-0.2, -0.15) is 0 Å². The fraction of sp³-hybridized carbons (Fsp3) is 0.200. The average Bonchev–Trinajstić information content (AvgIpc) is 2.54. The number of pyridine rings is 1. The third-order valence-electron chi connectivity index (χ3n) is 1.91. The maximum Gasteiger partial charge on any atom is 0.129 e. The van der Waals surface area contributed by atoms with Crippen molar-refractivity contribution < 1.29 is 0 Å². The van der Waals surface area contributed by atoms with Gasteiger partial charge in [-0.05, 0) is 24.6 Å². The zero-order valence-corrected chi connectivity index (χ0v) is 8.57. The van der Waals surface area contributed by atoms with Gasteiger partial charge in [0, 0.05) is 24.6 Å². The van der Waals surface area contributed by atoms with E-state index in [-0.39, 0.29) is 0 Å². The molecule has 72 valence electrons. The van der Waals surface area contributed by atoms with Gasteiger partial charge in [0.05, 0.1) is 6.33 Å². The van der Waals surface area contributed by atoms with E-state index < -0.39 is 0 Å². The lowest BCUT2D eigenvalue weighted by atomic mass is 10.2. The van der Waals surface area contributed by atoms with Gasteiger partial charge >= 0.3 is 0 Å². The fourth-order valence-electron chi connectivity index (χ4n) is 1.38. The van der Waals surface area contributed by atoms with Crippen LogP contribution in [-0.4, -0.2) is 14.5 Å². The first-order valence-electron chi connectivity index (χ1n) is 4.33. The zero-order valence-electron chi connectivity index (χ0n) is 7.81. The van der Waals surface area contributed by atoms with Gasteiger partial charge in [-0.3, -0.25) is 0 Å². The summed E-state index contributed by atoms with van der Waals surface area (Å²) in [4.78, 5) is 8.08. The van der Waals surface area contributed by atoms with E-state index >= 15 is 0 Å². The summed E-state index contributed by atoms with van der Waals surface area (Å²) >= 11 is 5.85. The van der Waals surface area contributed by atoms with Gasteiger partial charge in [-0.1, -0.05) is 11.6 Å². The van der Waals surface area contributed by atoms with E-state index in [4.69, 9.17) is 11.6 Å². The van der Waals surface area contributed by atoms with Crippen molar-refractivity contribution in [2.75, 3.05) is 0 Å². The molecule has 0 radical (unpaired) electrons. The highest BCUT2D eigenvalue weighted by molar-refractivity contribution is 6.29. The molecule has 0 atom stereocenters. The normalized spacial score (nSPS) is 10.4. The third kappa shape index (κ3) is 2.12. The van der Waals surface area contributed by atoms with Crippen molar-refractivity contribution in [3.63, 3.8) is 0 Å². The Labute approximate surface area is 87.4 Å². The first kappa shape index (κ1) is 9.21. The molecule has 3 nitrogen and oxygen atoms in total. The van der Waals surface area contributed by atoms with Crippen LogP contribution < -0.4 is 0 Å². The predicted molar refractivity (Wildman–Crippen MR) is 55.3 cm³/mol. The van der Waals surface area contributed by atoms with Crippen LogP contribution in [0.4, 0.5) is 0 Å². The summed E-state index contributed by atoms with van der Waals surface area (Å²) in [5.41, 5.74) is 2.08. The minimum atomic E-state index is 0.542. The maximum atomic E-state index is 5.85. The Morgan fingerprint density at radius 2 is 2.29 bits per heavy atom. The van der Waals surface area contributed by atoms with Gasteiger partial charge in [-0.25, -0.2) is 9.97 Å². The Kier molecular flexibility index (Phi) is 2.50. The van der Waals surface area contributed by atoms with E-state index in [1.807, 2.05) is 29.8 Å². The van der Waals surface area contributed by atoms with Crippen molar-refractivity contribution in [1.82, 2.24) is 14.5 Å². The molecule has 2 aromatic heterocycles. The second-order valence-corrected chi connectivity index (χ2v) is 3.56. The molecule has 0 bridgehead atoms. The molecule has 0 spiro atoms. The van der Waals surface area contributed by atoms with Crippen LogP contribution in [0, 0.1) is 6.92 Å². The predicted octanol–water partition coefficient (Wildman–Crippen LogP) is 2.29. The molecule has 0 unspecified atom stereocenters. The van der Waals surface area contributed by atoms with Gasteiger partial charge < -0.3 is 4.57 Å². The molecule has 0 saturated carbocycles. The molecular formula is C10H10ClN3. The highest BCUT2D eigenvalue weighted by atomic mass is 35.5. The second kappa shape index (κ2) is 3.80. The lowest BCUT2D eigenvalue weighted by Crippen LogP contribution is -1.97. The molecule has 0 aromatic carbocycles. The van der Waals surface area contributed by atoms with Crippen LogP contribution in [-0.2, 0) is 6.54 Å². The van der Waals surface area contributed by atoms with E-state index in [1.165, 1.54) is 0 Å². The van der Waals surface area contributed by atoms with Crippen molar-refractivity contribution in [1.29, 1.82) is 0 Å². The van der Waals surface area contributed by atoms with Gasteiger partial charge in [0.1, 0.15) is 5.15 Å². The van der Waals surface area contributed by atoms with Crippen LogP contribution in [0.15, 0.2) is 30.9 Å². The average molecular weight is 208 g/mol. The lowest BCUT2D eigenvalue weighted by molar-refractivity contribution is 0.794. The summed E-state index contributed by atoms with van der Waals surface area (Å²) in [6, 6.07) is 3.89. The molecule has 14 heavy (non-hydrogen) atoms. The summed E-state index contributed by atoms with van der Waals surface area (Å²) in [5.74, 6) is 0. The van der Waals surface area contributed by atoms with Gasteiger partial charge in [-0.15, -0.1) is 0 Å². The molecule has 0 amide bonds. The molecule has 0 aliphatic carbocycles. The molecule has 4 heteroatoms. The number of imidazole rings is 1. The van der Waals surface area contributed by atoms with E-state index in [0.717, 1.165) is 17.8 Å². The summed E-state index contributed by atoms with van der Waals surface area (Å²) < 4.78 is 1.99. The van der Waals surface area contributed by atoms with Crippen LogP contribution >= 0.6 is 11.6 Å². The lowest BCUT2D eigenvalue weighted by Gasteiger charge is -2.03. The SMILES string of the molecule is Cc1cc(Cn2ccnc2)cc(Cl)n1. The van der Waals surface area contributed by atoms with Crippen LogP contribution in [0.5, 0.6) is 0 Å². The number of hydrogen-bond donors (Lipinski definition) is 0. The number of rotatable bonds is 2. The summed E-state index contributed by atoms with van der Waals surface area (Å²) in [6.45, 7) is 2.71. The maximum absolute atomic E-state index is 5.85. The summed E-state index contributed by atoms with van der Waals surface area (Å²) in [5, 5.41) is 0.542. The molecule has 0 aliphatic rings. The second-order valence-electron chi connectivity index (χ2n) is 3.17. The molecule has 2 aromatic rings. The zero-order chi connectivity index (χ0) is 9.97. The first-order valence-corrected chi connectivity index (χ1v) is 4.70. The molecule has 2 heterocycles. The highest BCUT2D eigenvalue weighted by Crippen LogP contribution is 2.11. The third-order valence-corrected chi connectivity index (χ3v) is 2.10. The summed E-state index contributed by atoms with van der Waals surface area (Å²) in [6.07, 6.45) is 5.46. The topological polar surface area (TPSA) is 30.7 Å². The number of hydrogen-bond acceptors (Lipinski definition) is 2. The van der Waals surface area contributed by atoms with Gasteiger partial charge in [0.15, 0.2) is 0 Å². The number of aryl methyl sites for hydroxylation is 1. The monoisotopic (exact) mass is 207 g/mol. The Bertz CT molecular complexity index is 403. The number of halogens is 1. The highest BCUT2D eigenvalue weighted by Gasteiger charge is 1.98. The van der Waals surface area contributed by atoms with Crippen molar-refractivity contribution >= 4 is 11.6 Å². The molecular weight excluding hydrogens is 198 g/mol. The number of aromatic nitrogens is 3. The standard InChI is InChI=1S/C10H10ClN3/c1-8-4-9(5-10(11)13-8)6-14-3-2-12-7-14/h2-5,7H,6H2,1H3. The number of nitrogens with zero attached hydrogens (tertiary/aromatic N) is 3. The van der Waals surface area contributed by atoms with E-state index in [0.29, 0.717) is 5.15 Å². The molecule has 0 N–H and O–H groups in total. The summed E-state index contributed by atoms with van der Waals surface area (Å²) in [7, 11) is 0. The van der Waals surface area contributed by atoms with Crippen molar-refractivity contribution in [2.45, 2.75) is 13.5 Å². The van der Waals surface area contributed by atoms with Crippen LogP contribution in [0.1, 0.15) is 11.3 Å². The fourth-order valence-corrected chi connectivity index (χ4v) is 1.65. The molecule has 2 rings (SSSR count). The van der Waals surface area contributed by atoms with Crippen LogP contribution in [0.3, 0.4) is 0 Å². The quantitative estimate of drug-likeness (QED) is 0.708. The first-order chi connectivity index (χ1) is 6.74. The van der Waals surface area contributed by atoms with Gasteiger partial charge in [0.25, 0.3) is 0 Å². The smallest absolute Gasteiger partial charge is 0.129 e. The van der Waals surface area contributed by atoms with Gasteiger partial charge in [0.2, 0.25) is 0 Å². The van der Waals surface area contributed by atoms with Crippen molar-refractivity contribution in [3.8, 4) is 0 Å². The Morgan fingerprint density at radius 3 is 2.93 bits per heavy atom. The van der Waals surface area contributed by atoms with E-state index in [9.17, 15) is 0 Å². The molecule has 0 aliphatic heterocycles. The van der Waals surface area contributed by atoms with Crippen molar-refractivity contribution in [3.05, 3.63) is 47.3 Å².